The monoisotopic (exact) mass is 314 g/mol. The molecule has 1 aromatic carbocycles. The van der Waals surface area contributed by atoms with E-state index in [1.54, 1.807) is 0 Å². The van der Waals surface area contributed by atoms with Crippen LogP contribution in [0.2, 0.25) is 0 Å². The molecule has 2 rings (SSSR count). The number of benzene rings is 1. The molecule has 0 radical (unpaired) electrons. The van der Waals surface area contributed by atoms with Crippen LogP contribution in [0.1, 0.15) is 12.0 Å². The molecule has 2 unspecified atom stereocenters. The van der Waals surface area contributed by atoms with Crippen molar-refractivity contribution in [1.82, 2.24) is 10.6 Å². The van der Waals surface area contributed by atoms with Gasteiger partial charge in [-0.2, -0.15) is 0 Å². The van der Waals surface area contributed by atoms with E-state index in [-0.39, 0.29) is 37.1 Å². The number of hydrogen-bond acceptors (Lipinski definition) is 5. The Morgan fingerprint density at radius 2 is 2.05 bits per heavy atom. The van der Waals surface area contributed by atoms with Crippen molar-refractivity contribution in [3.63, 3.8) is 0 Å². The van der Waals surface area contributed by atoms with E-state index in [0.717, 1.165) is 5.56 Å². The van der Waals surface area contributed by atoms with Crippen LogP contribution in [0.4, 0.5) is 4.79 Å². The van der Waals surface area contributed by atoms with E-state index in [9.17, 15) is 9.59 Å². The number of esters is 1. The van der Waals surface area contributed by atoms with Crippen molar-refractivity contribution in [2.75, 3.05) is 13.7 Å². The first kappa shape index (κ1) is 17.3. The number of alkyl carbamates (subject to hydrolysis) is 1. The Morgan fingerprint density at radius 1 is 1.33 bits per heavy atom. The summed E-state index contributed by atoms with van der Waals surface area (Å²) in [7, 11) is 1.35. The average molecular weight is 315 g/mol. The van der Waals surface area contributed by atoms with E-state index in [1.807, 2.05) is 30.3 Å². The lowest BCUT2D eigenvalue weighted by Gasteiger charge is -2.12. The zero-order valence-electron chi connectivity index (χ0n) is 11.7. The van der Waals surface area contributed by atoms with Crippen molar-refractivity contribution in [3.05, 3.63) is 35.9 Å². The van der Waals surface area contributed by atoms with E-state index >= 15 is 0 Å². The third-order valence-corrected chi connectivity index (χ3v) is 3.15. The molecule has 6 nitrogen and oxygen atoms in total. The summed E-state index contributed by atoms with van der Waals surface area (Å²) in [5.41, 5.74) is 0.930. The van der Waals surface area contributed by atoms with Gasteiger partial charge in [0.15, 0.2) is 0 Å². The molecule has 116 valence electrons. The molecule has 1 fully saturated rings. The summed E-state index contributed by atoms with van der Waals surface area (Å²) in [6, 6.07) is 8.97. The lowest BCUT2D eigenvalue weighted by Crippen LogP contribution is -2.36. The topological polar surface area (TPSA) is 76.7 Å². The molecule has 1 saturated heterocycles. The van der Waals surface area contributed by atoms with Gasteiger partial charge in [-0.05, 0) is 12.0 Å². The molecule has 0 saturated carbocycles. The van der Waals surface area contributed by atoms with Crippen LogP contribution in [-0.2, 0) is 20.9 Å². The quantitative estimate of drug-likeness (QED) is 0.818. The first-order chi connectivity index (χ1) is 9.69. The molecule has 0 aromatic heterocycles. The van der Waals surface area contributed by atoms with Crippen LogP contribution in [0.15, 0.2) is 30.3 Å². The van der Waals surface area contributed by atoms with Gasteiger partial charge in [-0.3, -0.25) is 4.79 Å². The minimum absolute atomic E-state index is 0. The van der Waals surface area contributed by atoms with Gasteiger partial charge in [0.25, 0.3) is 0 Å². The minimum atomic E-state index is -0.480. The van der Waals surface area contributed by atoms with Gasteiger partial charge in [0.05, 0.1) is 7.11 Å². The number of amides is 1. The second-order valence-electron chi connectivity index (χ2n) is 4.62. The second kappa shape index (κ2) is 8.49. The normalized spacial score (nSPS) is 20.2. The number of methoxy groups -OCH3 is 1. The second-order valence-corrected chi connectivity index (χ2v) is 4.62. The highest BCUT2D eigenvalue weighted by Gasteiger charge is 2.31. The summed E-state index contributed by atoms with van der Waals surface area (Å²) in [5.74, 6) is -0.313. The minimum Gasteiger partial charge on any atom is -0.468 e. The molecule has 21 heavy (non-hydrogen) atoms. The maximum Gasteiger partial charge on any atom is 0.407 e. The Labute approximate surface area is 129 Å². The number of halogens is 1. The third kappa shape index (κ3) is 5.24. The fraction of sp³-hybridized carbons (Fsp3) is 0.429. The van der Waals surface area contributed by atoms with Crippen molar-refractivity contribution in [3.8, 4) is 0 Å². The predicted octanol–water partition coefficient (Wildman–Crippen LogP) is 1.24. The number of ether oxygens (including phenoxy) is 2. The fourth-order valence-corrected chi connectivity index (χ4v) is 2.10. The standard InChI is InChI=1S/C14H18N2O4.ClH/c1-19-13(17)12-7-11(8-15-12)16-14(18)20-9-10-5-3-2-4-6-10;/h2-6,11-12,15H,7-9H2,1H3,(H,16,18);1H. The van der Waals surface area contributed by atoms with Crippen LogP contribution in [0.5, 0.6) is 0 Å². The van der Waals surface area contributed by atoms with Gasteiger partial charge in [0.2, 0.25) is 0 Å². The summed E-state index contributed by atoms with van der Waals surface area (Å²) in [6.07, 6.45) is 0.0267. The molecular formula is C14H19ClN2O4. The Bertz CT molecular complexity index is 469. The largest absolute Gasteiger partial charge is 0.468 e. The zero-order valence-corrected chi connectivity index (χ0v) is 12.5. The van der Waals surface area contributed by atoms with Crippen LogP contribution < -0.4 is 10.6 Å². The molecule has 0 aliphatic carbocycles. The van der Waals surface area contributed by atoms with Crippen molar-refractivity contribution >= 4 is 24.5 Å². The number of rotatable bonds is 4. The highest BCUT2D eigenvalue weighted by molar-refractivity contribution is 5.85. The van der Waals surface area contributed by atoms with Gasteiger partial charge in [-0.25, -0.2) is 4.79 Å². The Kier molecular flexibility index (Phi) is 6.98. The molecule has 2 N–H and O–H groups in total. The number of carbonyl (C=O) groups excluding carboxylic acids is 2. The van der Waals surface area contributed by atoms with Gasteiger partial charge in [-0.1, -0.05) is 30.3 Å². The highest BCUT2D eigenvalue weighted by atomic mass is 35.5. The van der Waals surface area contributed by atoms with Gasteiger partial charge >= 0.3 is 12.1 Å². The van der Waals surface area contributed by atoms with Crippen LogP contribution >= 0.6 is 12.4 Å². The van der Waals surface area contributed by atoms with E-state index in [1.165, 1.54) is 7.11 Å². The van der Waals surface area contributed by atoms with Crippen molar-refractivity contribution in [2.24, 2.45) is 0 Å². The van der Waals surface area contributed by atoms with E-state index in [0.29, 0.717) is 13.0 Å². The maximum absolute atomic E-state index is 11.6. The van der Waals surface area contributed by atoms with E-state index < -0.39 is 6.09 Å². The molecule has 7 heteroatoms. The van der Waals surface area contributed by atoms with Crippen molar-refractivity contribution in [2.45, 2.75) is 25.1 Å². The highest BCUT2D eigenvalue weighted by Crippen LogP contribution is 2.08. The zero-order chi connectivity index (χ0) is 14.4. The summed E-state index contributed by atoms with van der Waals surface area (Å²) in [4.78, 5) is 23.0. The summed E-state index contributed by atoms with van der Waals surface area (Å²) in [6.45, 7) is 0.757. The number of hydrogen-bond donors (Lipinski definition) is 2. The SMILES string of the molecule is COC(=O)C1CC(NC(=O)OCc2ccccc2)CN1.Cl. The van der Waals surface area contributed by atoms with E-state index in [2.05, 4.69) is 15.4 Å². The Balaban J connectivity index is 0.00000220. The number of carbonyl (C=O) groups is 2. The maximum atomic E-state index is 11.6. The molecular weight excluding hydrogens is 296 g/mol. The molecule has 0 bridgehead atoms. The summed E-state index contributed by atoms with van der Waals surface area (Å²) >= 11 is 0. The molecule has 0 spiro atoms. The van der Waals surface area contributed by atoms with Crippen LogP contribution in [0.3, 0.4) is 0 Å². The smallest absolute Gasteiger partial charge is 0.407 e. The van der Waals surface area contributed by atoms with Gasteiger partial charge in [0, 0.05) is 12.6 Å². The predicted molar refractivity (Wildman–Crippen MR) is 79.2 cm³/mol. The van der Waals surface area contributed by atoms with E-state index in [4.69, 9.17) is 4.74 Å². The molecule has 1 aliphatic heterocycles. The van der Waals surface area contributed by atoms with Gasteiger partial charge in [0.1, 0.15) is 12.6 Å². The molecule has 2 atom stereocenters. The number of nitrogens with one attached hydrogen (secondary N) is 2. The van der Waals surface area contributed by atoms with Gasteiger partial charge in [-0.15, -0.1) is 12.4 Å². The van der Waals surface area contributed by atoms with Crippen molar-refractivity contribution in [1.29, 1.82) is 0 Å². The molecule has 1 aromatic rings. The molecule has 1 amide bonds. The Morgan fingerprint density at radius 3 is 2.71 bits per heavy atom. The molecule has 1 aliphatic rings. The molecule has 1 heterocycles. The van der Waals surface area contributed by atoms with Crippen LogP contribution in [0.25, 0.3) is 0 Å². The fourth-order valence-electron chi connectivity index (χ4n) is 2.10. The lowest BCUT2D eigenvalue weighted by atomic mass is 10.2. The average Bonchev–Trinajstić information content (AvgIpc) is 2.94. The van der Waals surface area contributed by atoms with Crippen LogP contribution in [-0.4, -0.2) is 37.8 Å². The van der Waals surface area contributed by atoms with Crippen LogP contribution in [0, 0.1) is 0 Å². The van der Waals surface area contributed by atoms with Crippen molar-refractivity contribution < 1.29 is 19.1 Å². The Hall–Kier alpha value is -1.79. The lowest BCUT2D eigenvalue weighted by molar-refractivity contribution is -0.142. The van der Waals surface area contributed by atoms with Gasteiger partial charge < -0.3 is 20.1 Å². The summed E-state index contributed by atoms with van der Waals surface area (Å²) in [5, 5.41) is 5.72. The first-order valence-electron chi connectivity index (χ1n) is 6.47. The summed E-state index contributed by atoms with van der Waals surface area (Å²) < 4.78 is 9.77. The first-order valence-corrected chi connectivity index (χ1v) is 6.47. The third-order valence-electron chi connectivity index (χ3n) is 3.15.